The second kappa shape index (κ2) is 5.21. The Bertz CT molecular complexity index is 477. The van der Waals surface area contributed by atoms with Gasteiger partial charge in [-0.1, -0.05) is 0 Å². The molecule has 2 amide bonds. The fourth-order valence-corrected chi connectivity index (χ4v) is 2.32. The number of hydrogen-bond acceptors (Lipinski definition) is 2. The van der Waals surface area contributed by atoms with Gasteiger partial charge in [-0.15, -0.1) is 0 Å². The van der Waals surface area contributed by atoms with Crippen LogP contribution in [0.4, 0.5) is 0 Å². The van der Waals surface area contributed by atoms with Gasteiger partial charge in [0.05, 0.1) is 0 Å². The zero-order chi connectivity index (χ0) is 13.1. The molecule has 1 fully saturated rings. The molecular formula is C14H18N2O2. The zero-order valence-electron chi connectivity index (χ0n) is 10.6. The molecule has 2 N–H and O–H groups in total. The molecule has 0 bridgehead atoms. The summed E-state index contributed by atoms with van der Waals surface area (Å²) in [4.78, 5) is 25.3. The minimum absolute atomic E-state index is 0.0585. The van der Waals surface area contributed by atoms with Crippen LogP contribution in [0.3, 0.4) is 0 Å². The second-order valence-electron chi connectivity index (χ2n) is 4.75. The fourth-order valence-electron chi connectivity index (χ4n) is 2.32. The summed E-state index contributed by atoms with van der Waals surface area (Å²) >= 11 is 0. The van der Waals surface area contributed by atoms with Gasteiger partial charge >= 0.3 is 0 Å². The van der Waals surface area contributed by atoms with E-state index in [1.54, 1.807) is 18.2 Å². The first-order valence-corrected chi connectivity index (χ1v) is 6.29. The summed E-state index contributed by atoms with van der Waals surface area (Å²) in [7, 11) is 0. The summed E-state index contributed by atoms with van der Waals surface area (Å²) in [6, 6.07) is 5.00. The summed E-state index contributed by atoms with van der Waals surface area (Å²) in [6.07, 6.45) is 3.34. The summed E-state index contributed by atoms with van der Waals surface area (Å²) < 4.78 is 0. The van der Waals surface area contributed by atoms with Crippen molar-refractivity contribution >= 4 is 11.8 Å². The van der Waals surface area contributed by atoms with Crippen LogP contribution in [0.2, 0.25) is 0 Å². The van der Waals surface area contributed by atoms with Gasteiger partial charge in [-0.2, -0.15) is 0 Å². The van der Waals surface area contributed by atoms with Gasteiger partial charge in [-0.05, 0) is 49.9 Å². The number of likely N-dealkylation sites (tertiary alicyclic amines) is 1. The number of benzene rings is 1. The first-order valence-electron chi connectivity index (χ1n) is 6.29. The van der Waals surface area contributed by atoms with E-state index in [1.807, 2.05) is 11.8 Å². The van der Waals surface area contributed by atoms with Crippen LogP contribution < -0.4 is 5.73 Å². The van der Waals surface area contributed by atoms with Gasteiger partial charge in [0.15, 0.2) is 0 Å². The molecule has 0 radical (unpaired) electrons. The molecule has 4 heteroatoms. The Hall–Kier alpha value is -1.84. The number of carbonyl (C=O) groups excluding carboxylic acids is 2. The lowest BCUT2D eigenvalue weighted by atomic mass is 10.0. The van der Waals surface area contributed by atoms with E-state index in [1.165, 1.54) is 6.42 Å². The fraction of sp³-hybridized carbons (Fsp3) is 0.429. The number of piperidine rings is 1. The molecule has 0 spiro atoms. The number of rotatable bonds is 2. The van der Waals surface area contributed by atoms with E-state index in [0.29, 0.717) is 11.1 Å². The molecule has 0 atom stereocenters. The van der Waals surface area contributed by atoms with Crippen LogP contribution in [0, 0.1) is 6.92 Å². The maximum absolute atomic E-state index is 12.3. The standard InChI is InChI=1S/C14H18N2O2/c1-10-9-11(13(15)17)5-6-12(10)14(18)16-7-3-2-4-8-16/h5-6,9H,2-4,7-8H2,1H3,(H2,15,17). The van der Waals surface area contributed by atoms with Crippen molar-refractivity contribution in [3.05, 3.63) is 34.9 Å². The van der Waals surface area contributed by atoms with E-state index in [-0.39, 0.29) is 5.91 Å². The molecule has 2 rings (SSSR count). The highest BCUT2D eigenvalue weighted by Crippen LogP contribution is 2.17. The van der Waals surface area contributed by atoms with Crippen LogP contribution in [0.5, 0.6) is 0 Å². The topological polar surface area (TPSA) is 63.4 Å². The third-order valence-corrected chi connectivity index (χ3v) is 3.38. The molecule has 1 heterocycles. The normalized spacial score (nSPS) is 15.5. The number of carbonyl (C=O) groups is 2. The maximum atomic E-state index is 12.3. The van der Waals surface area contributed by atoms with Gasteiger partial charge in [-0.3, -0.25) is 9.59 Å². The number of aryl methyl sites for hydroxylation is 1. The molecule has 4 nitrogen and oxygen atoms in total. The smallest absolute Gasteiger partial charge is 0.254 e. The van der Waals surface area contributed by atoms with Crippen LogP contribution in [0.1, 0.15) is 45.5 Å². The van der Waals surface area contributed by atoms with Crippen LogP contribution in [-0.4, -0.2) is 29.8 Å². The molecule has 1 aromatic rings. The lowest BCUT2D eigenvalue weighted by Gasteiger charge is -2.27. The van der Waals surface area contributed by atoms with E-state index >= 15 is 0 Å². The van der Waals surface area contributed by atoms with Gasteiger partial charge in [0.2, 0.25) is 5.91 Å². The number of primary amides is 1. The highest BCUT2D eigenvalue weighted by atomic mass is 16.2. The van der Waals surface area contributed by atoms with Crippen molar-refractivity contribution in [1.29, 1.82) is 0 Å². The van der Waals surface area contributed by atoms with Crippen molar-refractivity contribution in [3.8, 4) is 0 Å². The summed E-state index contributed by atoms with van der Waals surface area (Å²) in [5.74, 6) is -0.404. The third kappa shape index (κ3) is 2.53. The largest absolute Gasteiger partial charge is 0.366 e. The van der Waals surface area contributed by atoms with E-state index in [2.05, 4.69) is 0 Å². The Balaban J connectivity index is 2.22. The molecule has 0 unspecified atom stereocenters. The lowest BCUT2D eigenvalue weighted by molar-refractivity contribution is 0.0723. The first-order chi connectivity index (χ1) is 8.59. The maximum Gasteiger partial charge on any atom is 0.254 e. The average molecular weight is 246 g/mol. The first kappa shape index (κ1) is 12.6. The Morgan fingerprint density at radius 2 is 1.83 bits per heavy atom. The molecule has 1 aromatic carbocycles. The van der Waals surface area contributed by atoms with Crippen molar-refractivity contribution in [3.63, 3.8) is 0 Å². The van der Waals surface area contributed by atoms with Gasteiger partial charge in [-0.25, -0.2) is 0 Å². The van der Waals surface area contributed by atoms with Crippen LogP contribution >= 0.6 is 0 Å². The SMILES string of the molecule is Cc1cc(C(N)=O)ccc1C(=O)N1CCCCC1. The molecule has 1 aliphatic rings. The molecule has 1 saturated heterocycles. The van der Waals surface area contributed by atoms with Crippen molar-refractivity contribution < 1.29 is 9.59 Å². The molecule has 96 valence electrons. The van der Waals surface area contributed by atoms with Crippen molar-refractivity contribution in [2.45, 2.75) is 26.2 Å². The highest BCUT2D eigenvalue weighted by molar-refractivity contribution is 5.98. The van der Waals surface area contributed by atoms with Crippen LogP contribution in [0.25, 0.3) is 0 Å². The summed E-state index contributed by atoms with van der Waals surface area (Å²) in [6.45, 7) is 3.50. The van der Waals surface area contributed by atoms with Crippen LogP contribution in [0.15, 0.2) is 18.2 Å². The summed E-state index contributed by atoms with van der Waals surface area (Å²) in [5, 5.41) is 0. The van der Waals surface area contributed by atoms with Crippen molar-refractivity contribution in [2.75, 3.05) is 13.1 Å². The molecule has 0 aromatic heterocycles. The third-order valence-electron chi connectivity index (χ3n) is 3.38. The predicted octanol–water partition coefficient (Wildman–Crippen LogP) is 1.72. The van der Waals surface area contributed by atoms with E-state index in [9.17, 15) is 9.59 Å². The van der Waals surface area contributed by atoms with E-state index in [4.69, 9.17) is 5.73 Å². The van der Waals surface area contributed by atoms with Crippen LogP contribution in [-0.2, 0) is 0 Å². The Morgan fingerprint density at radius 1 is 1.17 bits per heavy atom. The molecule has 1 aliphatic heterocycles. The Labute approximate surface area is 107 Å². The zero-order valence-corrected chi connectivity index (χ0v) is 10.6. The van der Waals surface area contributed by atoms with Gasteiger partial charge in [0.25, 0.3) is 5.91 Å². The number of amides is 2. The van der Waals surface area contributed by atoms with Gasteiger partial charge in [0.1, 0.15) is 0 Å². The highest BCUT2D eigenvalue weighted by Gasteiger charge is 2.19. The van der Waals surface area contributed by atoms with Crippen molar-refractivity contribution in [2.24, 2.45) is 5.73 Å². The Kier molecular flexibility index (Phi) is 3.65. The Morgan fingerprint density at radius 3 is 2.39 bits per heavy atom. The van der Waals surface area contributed by atoms with Crippen molar-refractivity contribution in [1.82, 2.24) is 4.90 Å². The van der Waals surface area contributed by atoms with E-state index < -0.39 is 5.91 Å². The van der Waals surface area contributed by atoms with Gasteiger partial charge in [0, 0.05) is 24.2 Å². The minimum Gasteiger partial charge on any atom is -0.366 e. The second-order valence-corrected chi connectivity index (χ2v) is 4.75. The number of nitrogens with zero attached hydrogens (tertiary/aromatic N) is 1. The van der Waals surface area contributed by atoms with Gasteiger partial charge < -0.3 is 10.6 Å². The molecule has 18 heavy (non-hydrogen) atoms. The molecule has 0 saturated carbocycles. The number of nitrogens with two attached hydrogens (primary N) is 1. The monoisotopic (exact) mass is 246 g/mol. The molecule has 0 aliphatic carbocycles. The minimum atomic E-state index is -0.463. The molecular weight excluding hydrogens is 228 g/mol. The summed E-state index contributed by atoms with van der Waals surface area (Å²) in [5.41, 5.74) is 7.14. The lowest BCUT2D eigenvalue weighted by Crippen LogP contribution is -2.36. The quantitative estimate of drug-likeness (QED) is 0.863. The number of hydrogen-bond donors (Lipinski definition) is 1. The average Bonchev–Trinajstić information content (AvgIpc) is 2.38. The van der Waals surface area contributed by atoms with E-state index in [0.717, 1.165) is 31.5 Å². The predicted molar refractivity (Wildman–Crippen MR) is 69.5 cm³/mol.